The number of morpholine rings is 1. The molecule has 134 valence electrons. The number of rotatable bonds is 8. The summed E-state index contributed by atoms with van der Waals surface area (Å²) in [5, 5.41) is 3.06. The number of aryl methyl sites for hydroxylation is 1. The highest BCUT2D eigenvalue weighted by atomic mass is 16.5. The number of ether oxygens (including phenoxy) is 1. The highest BCUT2D eigenvalue weighted by molar-refractivity contribution is 5.75. The van der Waals surface area contributed by atoms with Crippen LogP contribution < -0.4 is 5.32 Å². The summed E-state index contributed by atoms with van der Waals surface area (Å²) in [6.07, 6.45) is 7.49. The second-order valence-corrected chi connectivity index (χ2v) is 6.20. The molecule has 2 aromatic heterocycles. The van der Waals surface area contributed by atoms with Gasteiger partial charge in [-0.1, -0.05) is 6.07 Å². The van der Waals surface area contributed by atoms with E-state index in [-0.39, 0.29) is 11.9 Å². The summed E-state index contributed by atoms with van der Waals surface area (Å²) in [4.78, 5) is 18.6. The molecule has 1 N–H and O–H groups in total. The first-order valence-electron chi connectivity index (χ1n) is 8.84. The molecule has 3 rings (SSSR count). The topological polar surface area (TPSA) is 67.6 Å². The maximum absolute atomic E-state index is 12.2. The summed E-state index contributed by atoms with van der Waals surface area (Å²) in [5.74, 6) is 0.964. The fourth-order valence-electron chi connectivity index (χ4n) is 3.08. The van der Waals surface area contributed by atoms with Crippen molar-refractivity contribution in [3.63, 3.8) is 0 Å². The van der Waals surface area contributed by atoms with Gasteiger partial charge in [-0.3, -0.25) is 14.7 Å². The van der Waals surface area contributed by atoms with Crippen LogP contribution in [-0.2, 0) is 16.0 Å². The first-order valence-corrected chi connectivity index (χ1v) is 8.84. The molecular weight excluding hydrogens is 318 g/mol. The van der Waals surface area contributed by atoms with Crippen molar-refractivity contribution in [3.05, 3.63) is 54.2 Å². The van der Waals surface area contributed by atoms with Crippen LogP contribution in [0.3, 0.4) is 0 Å². The zero-order valence-corrected chi connectivity index (χ0v) is 14.4. The van der Waals surface area contributed by atoms with E-state index < -0.39 is 0 Å². The number of pyridine rings is 1. The Morgan fingerprint density at radius 2 is 2.16 bits per heavy atom. The Labute approximate surface area is 148 Å². The summed E-state index contributed by atoms with van der Waals surface area (Å²) in [7, 11) is 0. The van der Waals surface area contributed by atoms with Crippen LogP contribution in [0.5, 0.6) is 0 Å². The third-order valence-electron chi connectivity index (χ3n) is 4.44. The molecule has 2 aromatic rings. The SMILES string of the molecule is O=C(CCCc1cccnc1)NCC(c1ccco1)N1CCOCC1. The van der Waals surface area contributed by atoms with Crippen molar-refractivity contribution in [3.8, 4) is 0 Å². The molecule has 0 radical (unpaired) electrons. The molecule has 1 saturated heterocycles. The van der Waals surface area contributed by atoms with Gasteiger partial charge in [0.05, 0.1) is 25.5 Å². The van der Waals surface area contributed by atoms with Gasteiger partial charge >= 0.3 is 0 Å². The average Bonchev–Trinajstić information content (AvgIpc) is 3.18. The van der Waals surface area contributed by atoms with Crippen molar-refractivity contribution in [1.29, 1.82) is 0 Å². The molecule has 6 heteroatoms. The lowest BCUT2D eigenvalue weighted by molar-refractivity contribution is -0.121. The van der Waals surface area contributed by atoms with Gasteiger partial charge in [0.15, 0.2) is 0 Å². The minimum absolute atomic E-state index is 0.0566. The molecule has 0 bridgehead atoms. The van der Waals surface area contributed by atoms with E-state index in [4.69, 9.17) is 9.15 Å². The molecule has 25 heavy (non-hydrogen) atoms. The lowest BCUT2D eigenvalue weighted by Gasteiger charge is -2.33. The van der Waals surface area contributed by atoms with Crippen molar-refractivity contribution in [2.24, 2.45) is 0 Å². The highest BCUT2D eigenvalue weighted by Crippen LogP contribution is 2.21. The van der Waals surface area contributed by atoms with Crippen molar-refractivity contribution in [2.75, 3.05) is 32.8 Å². The van der Waals surface area contributed by atoms with E-state index in [0.717, 1.165) is 50.5 Å². The van der Waals surface area contributed by atoms with Crippen LogP contribution in [0.4, 0.5) is 0 Å². The van der Waals surface area contributed by atoms with Gasteiger partial charge < -0.3 is 14.5 Å². The van der Waals surface area contributed by atoms with Crippen LogP contribution in [0.25, 0.3) is 0 Å². The number of aromatic nitrogens is 1. The molecule has 1 aliphatic heterocycles. The second kappa shape index (κ2) is 9.34. The third-order valence-corrected chi connectivity index (χ3v) is 4.44. The van der Waals surface area contributed by atoms with Gasteiger partial charge in [0.1, 0.15) is 5.76 Å². The Morgan fingerprint density at radius 1 is 1.28 bits per heavy atom. The number of nitrogens with one attached hydrogen (secondary N) is 1. The second-order valence-electron chi connectivity index (χ2n) is 6.20. The van der Waals surface area contributed by atoms with Gasteiger partial charge in [0, 0.05) is 38.4 Å². The summed E-state index contributed by atoms with van der Waals surface area (Å²) < 4.78 is 11.0. The van der Waals surface area contributed by atoms with Gasteiger partial charge in [-0.15, -0.1) is 0 Å². The number of hydrogen-bond donors (Lipinski definition) is 1. The number of carbonyl (C=O) groups is 1. The Balaban J connectivity index is 1.46. The lowest BCUT2D eigenvalue weighted by atomic mass is 10.1. The predicted octanol–water partition coefficient (Wildman–Crippen LogP) is 2.19. The lowest BCUT2D eigenvalue weighted by Crippen LogP contribution is -2.43. The zero-order chi connectivity index (χ0) is 17.3. The summed E-state index contributed by atoms with van der Waals surface area (Å²) in [6.45, 7) is 3.69. The van der Waals surface area contributed by atoms with E-state index in [9.17, 15) is 4.79 Å². The van der Waals surface area contributed by atoms with E-state index in [0.29, 0.717) is 13.0 Å². The van der Waals surface area contributed by atoms with Gasteiger partial charge in [-0.05, 0) is 36.6 Å². The van der Waals surface area contributed by atoms with Gasteiger partial charge in [-0.25, -0.2) is 0 Å². The Morgan fingerprint density at radius 3 is 2.88 bits per heavy atom. The minimum atomic E-state index is 0.0566. The molecule has 6 nitrogen and oxygen atoms in total. The van der Waals surface area contributed by atoms with Gasteiger partial charge in [-0.2, -0.15) is 0 Å². The molecule has 0 aliphatic carbocycles. The third kappa shape index (κ3) is 5.41. The van der Waals surface area contributed by atoms with Crippen molar-refractivity contribution in [1.82, 2.24) is 15.2 Å². The molecule has 1 aliphatic rings. The molecular formula is C19H25N3O3. The molecule has 1 atom stereocenters. The minimum Gasteiger partial charge on any atom is -0.468 e. The van der Waals surface area contributed by atoms with E-state index in [2.05, 4.69) is 15.2 Å². The summed E-state index contributed by atoms with van der Waals surface area (Å²) >= 11 is 0. The fourth-order valence-corrected chi connectivity index (χ4v) is 3.08. The van der Waals surface area contributed by atoms with Gasteiger partial charge in [0.2, 0.25) is 5.91 Å². The van der Waals surface area contributed by atoms with Crippen molar-refractivity contribution >= 4 is 5.91 Å². The maximum Gasteiger partial charge on any atom is 0.220 e. The van der Waals surface area contributed by atoms with E-state index in [1.54, 1.807) is 12.5 Å². The van der Waals surface area contributed by atoms with E-state index in [1.165, 1.54) is 0 Å². The Hall–Kier alpha value is -2.18. The van der Waals surface area contributed by atoms with Crippen LogP contribution in [0.2, 0.25) is 0 Å². The number of amides is 1. The Kier molecular flexibility index (Phi) is 6.59. The first-order chi connectivity index (χ1) is 12.3. The largest absolute Gasteiger partial charge is 0.468 e. The van der Waals surface area contributed by atoms with Crippen LogP contribution >= 0.6 is 0 Å². The maximum atomic E-state index is 12.2. The Bertz CT molecular complexity index is 625. The zero-order valence-electron chi connectivity index (χ0n) is 14.4. The average molecular weight is 343 g/mol. The number of furan rings is 1. The van der Waals surface area contributed by atoms with Crippen LogP contribution in [0, 0.1) is 0 Å². The summed E-state index contributed by atoms with van der Waals surface area (Å²) in [5.41, 5.74) is 1.16. The number of carbonyl (C=O) groups excluding carboxylic acids is 1. The standard InChI is InChI=1S/C19H25N3O3/c23-19(7-1-4-16-5-2-8-20-14-16)21-15-17(18-6-3-11-25-18)22-9-12-24-13-10-22/h2-3,5-6,8,11,14,17H,1,4,7,9-10,12-13,15H2,(H,21,23). The van der Waals surface area contributed by atoms with Crippen LogP contribution in [0.1, 0.15) is 30.2 Å². The van der Waals surface area contributed by atoms with Crippen molar-refractivity contribution < 1.29 is 13.9 Å². The number of nitrogens with zero attached hydrogens (tertiary/aromatic N) is 2. The smallest absolute Gasteiger partial charge is 0.220 e. The summed E-state index contributed by atoms with van der Waals surface area (Å²) in [6, 6.07) is 7.87. The molecule has 1 amide bonds. The normalized spacial score (nSPS) is 16.5. The highest BCUT2D eigenvalue weighted by Gasteiger charge is 2.25. The van der Waals surface area contributed by atoms with Gasteiger partial charge in [0.25, 0.3) is 0 Å². The number of hydrogen-bond acceptors (Lipinski definition) is 5. The fraction of sp³-hybridized carbons (Fsp3) is 0.474. The molecule has 3 heterocycles. The van der Waals surface area contributed by atoms with Crippen molar-refractivity contribution in [2.45, 2.75) is 25.3 Å². The van der Waals surface area contributed by atoms with Crippen LogP contribution in [-0.4, -0.2) is 48.6 Å². The quantitative estimate of drug-likeness (QED) is 0.796. The molecule has 0 saturated carbocycles. The molecule has 0 aromatic carbocycles. The van der Waals surface area contributed by atoms with E-state index >= 15 is 0 Å². The molecule has 1 unspecified atom stereocenters. The predicted molar refractivity (Wildman–Crippen MR) is 94.0 cm³/mol. The molecule has 0 spiro atoms. The monoisotopic (exact) mass is 343 g/mol. The molecule has 1 fully saturated rings. The van der Waals surface area contributed by atoms with Crippen LogP contribution in [0.15, 0.2) is 47.3 Å². The van der Waals surface area contributed by atoms with E-state index in [1.807, 2.05) is 30.5 Å². The first kappa shape index (κ1) is 17.6.